The van der Waals surface area contributed by atoms with E-state index >= 15 is 0 Å². The number of nitrogens with one attached hydrogen (secondary N) is 1. The van der Waals surface area contributed by atoms with E-state index in [9.17, 15) is 28.0 Å². The lowest BCUT2D eigenvalue weighted by Crippen LogP contribution is -2.33. The van der Waals surface area contributed by atoms with Crippen molar-refractivity contribution in [1.82, 2.24) is 4.72 Å². The van der Waals surface area contributed by atoms with Crippen molar-refractivity contribution in [2.24, 2.45) is 0 Å². The summed E-state index contributed by atoms with van der Waals surface area (Å²) in [6.45, 7) is 10.5. The summed E-state index contributed by atoms with van der Waals surface area (Å²) in [5.41, 5.74) is 0.815. The molecule has 0 bridgehead atoms. The van der Waals surface area contributed by atoms with E-state index in [-0.39, 0.29) is 28.7 Å². The second-order valence-corrected chi connectivity index (χ2v) is 10.6. The van der Waals surface area contributed by atoms with Crippen molar-refractivity contribution in [3.63, 3.8) is 0 Å². The predicted molar refractivity (Wildman–Crippen MR) is 120 cm³/mol. The molecule has 8 heteroatoms. The van der Waals surface area contributed by atoms with Gasteiger partial charge in [0, 0.05) is 0 Å². The number of amides is 1. The topological polar surface area (TPSA) is 107 Å². The third-order valence-corrected chi connectivity index (χ3v) is 6.64. The minimum absolute atomic E-state index is 0.0674. The quantitative estimate of drug-likeness (QED) is 0.643. The maximum absolute atomic E-state index is 14.1. The smallest absolute Gasteiger partial charge is 0.265 e. The Kier molecular flexibility index (Phi) is 7.48. The van der Waals surface area contributed by atoms with Gasteiger partial charge in [0.25, 0.3) is 10.0 Å². The van der Waals surface area contributed by atoms with E-state index in [1.165, 1.54) is 44.2 Å². The summed E-state index contributed by atoms with van der Waals surface area (Å²) < 4.78 is 41.9. The first-order valence-corrected chi connectivity index (χ1v) is 11.8. The largest absolute Gasteiger partial charge is 0.386 e. The molecule has 0 radical (unpaired) electrons. The average Bonchev–Trinajstić information content (AvgIpc) is 2.66. The van der Waals surface area contributed by atoms with Gasteiger partial charge in [-0.25, -0.2) is 17.5 Å². The summed E-state index contributed by atoms with van der Waals surface area (Å²) >= 11 is 0. The molecule has 0 fully saturated rings. The fourth-order valence-electron chi connectivity index (χ4n) is 3.55. The highest BCUT2D eigenvalue weighted by molar-refractivity contribution is 7.90. The Morgan fingerprint density at radius 1 is 1.12 bits per heavy atom. The summed E-state index contributed by atoms with van der Waals surface area (Å²) in [5, 5.41) is 19.5. The molecule has 172 valence electrons. The van der Waals surface area contributed by atoms with Crippen molar-refractivity contribution in [2.75, 3.05) is 0 Å². The van der Waals surface area contributed by atoms with E-state index in [1.807, 2.05) is 38.5 Å². The molecule has 32 heavy (non-hydrogen) atoms. The van der Waals surface area contributed by atoms with Gasteiger partial charge in [0.05, 0.1) is 17.6 Å². The minimum atomic E-state index is -4.34. The molecule has 0 spiro atoms. The van der Waals surface area contributed by atoms with Crippen LogP contribution in [0.15, 0.2) is 35.2 Å². The molecule has 0 aliphatic carbocycles. The maximum Gasteiger partial charge on any atom is 0.265 e. The predicted octanol–water partition coefficient (Wildman–Crippen LogP) is 4.22. The highest BCUT2D eigenvalue weighted by atomic mass is 32.2. The van der Waals surface area contributed by atoms with E-state index in [4.69, 9.17) is 0 Å². The molecule has 0 aromatic heterocycles. The van der Waals surface area contributed by atoms with Crippen molar-refractivity contribution in [3.05, 3.63) is 64.0 Å². The second kappa shape index (κ2) is 9.39. The first kappa shape index (κ1) is 25.5. The van der Waals surface area contributed by atoms with Gasteiger partial charge in [0.1, 0.15) is 16.8 Å². The molecule has 6 nitrogen and oxygen atoms in total. The van der Waals surface area contributed by atoms with Crippen molar-refractivity contribution >= 4 is 15.9 Å². The van der Waals surface area contributed by atoms with Crippen LogP contribution < -0.4 is 4.72 Å². The third-order valence-electron chi connectivity index (χ3n) is 5.21. The molecule has 2 rings (SSSR count). The first-order chi connectivity index (χ1) is 14.7. The van der Waals surface area contributed by atoms with Crippen LogP contribution in [0.2, 0.25) is 0 Å². The Morgan fingerprint density at radius 2 is 1.66 bits per heavy atom. The van der Waals surface area contributed by atoms with Gasteiger partial charge in [-0.15, -0.1) is 0 Å². The Labute approximate surface area is 189 Å². The molecule has 0 aliphatic heterocycles. The van der Waals surface area contributed by atoms with E-state index < -0.39 is 27.3 Å². The van der Waals surface area contributed by atoms with Gasteiger partial charge in [-0.3, -0.25) is 4.79 Å². The molecule has 0 aliphatic rings. The summed E-state index contributed by atoms with van der Waals surface area (Å²) in [4.78, 5) is 12.4. The van der Waals surface area contributed by atoms with E-state index in [2.05, 4.69) is 0 Å². The number of nitrogens with zero attached hydrogens (tertiary/aromatic N) is 1. The van der Waals surface area contributed by atoms with Crippen molar-refractivity contribution in [1.29, 1.82) is 5.26 Å². The van der Waals surface area contributed by atoms with Crippen LogP contribution >= 0.6 is 0 Å². The van der Waals surface area contributed by atoms with Crippen LogP contribution in [0.3, 0.4) is 0 Å². The van der Waals surface area contributed by atoms with Gasteiger partial charge in [-0.05, 0) is 72.2 Å². The zero-order valence-electron chi connectivity index (χ0n) is 19.2. The number of aliphatic hydroxyl groups is 1. The lowest BCUT2D eigenvalue weighted by atomic mass is 9.87. The zero-order valence-corrected chi connectivity index (χ0v) is 20.0. The van der Waals surface area contributed by atoms with Crippen molar-refractivity contribution in [3.8, 4) is 6.07 Å². The van der Waals surface area contributed by atoms with Gasteiger partial charge < -0.3 is 5.11 Å². The molecule has 0 saturated heterocycles. The highest BCUT2D eigenvalue weighted by Crippen LogP contribution is 2.30. The molecular formula is C24H29FN2O4S. The molecule has 0 atom stereocenters. The van der Waals surface area contributed by atoms with Crippen molar-refractivity contribution < 1.29 is 22.7 Å². The maximum atomic E-state index is 14.1. The molecule has 1 amide bonds. The lowest BCUT2D eigenvalue weighted by molar-refractivity contribution is -0.118. The molecule has 2 aromatic carbocycles. The number of carbonyl (C=O) groups excluding carboxylic acids is 1. The number of nitriles is 1. The van der Waals surface area contributed by atoms with Crippen LogP contribution in [-0.4, -0.2) is 19.4 Å². The normalized spacial score (nSPS) is 12.2. The highest BCUT2D eigenvalue weighted by Gasteiger charge is 2.26. The summed E-state index contributed by atoms with van der Waals surface area (Å²) in [7, 11) is -4.34. The third kappa shape index (κ3) is 5.72. The van der Waals surface area contributed by atoms with Crippen LogP contribution in [0, 0.1) is 17.1 Å². The summed E-state index contributed by atoms with van der Waals surface area (Å²) in [5.74, 6) is -1.32. The Morgan fingerprint density at radius 3 is 2.09 bits per heavy atom. The SMILES string of the molecule is CC(C)c1cc(F)cc(C(C)C)c1CC(=O)NS(=O)(=O)c1ccc(C(C)(C)O)cc1C#N. The molecule has 0 heterocycles. The monoisotopic (exact) mass is 460 g/mol. The first-order valence-electron chi connectivity index (χ1n) is 10.3. The van der Waals surface area contributed by atoms with Crippen LogP contribution in [0.25, 0.3) is 0 Å². The number of benzene rings is 2. The standard InChI is InChI=1S/C24H29FN2O4S/c1-14(2)19-10-18(25)11-20(15(3)4)21(19)12-23(28)27-32(30,31)22-8-7-17(24(5,6)29)9-16(22)13-26/h7-11,14-15,29H,12H2,1-6H3,(H,27,28). The van der Waals surface area contributed by atoms with Gasteiger partial charge in [-0.1, -0.05) is 33.8 Å². The molecule has 0 saturated carbocycles. The Balaban J connectivity index is 2.42. The fraction of sp³-hybridized carbons (Fsp3) is 0.417. The van der Waals surface area contributed by atoms with Gasteiger partial charge >= 0.3 is 0 Å². The van der Waals surface area contributed by atoms with E-state index in [1.54, 1.807) is 0 Å². The minimum Gasteiger partial charge on any atom is -0.386 e. The molecule has 2 aromatic rings. The zero-order chi connectivity index (χ0) is 24.4. The van der Waals surface area contributed by atoms with Crippen LogP contribution in [0.5, 0.6) is 0 Å². The van der Waals surface area contributed by atoms with Crippen molar-refractivity contribution in [2.45, 2.75) is 70.3 Å². The lowest BCUT2D eigenvalue weighted by Gasteiger charge is -2.20. The van der Waals surface area contributed by atoms with Crippen LogP contribution in [0.1, 0.15) is 81.2 Å². The number of hydrogen-bond acceptors (Lipinski definition) is 5. The Hall–Kier alpha value is -2.76. The fourth-order valence-corrected chi connectivity index (χ4v) is 4.67. The van der Waals surface area contributed by atoms with Gasteiger partial charge in [0.15, 0.2) is 0 Å². The molecule has 0 unspecified atom stereocenters. The molecule has 2 N–H and O–H groups in total. The Bertz CT molecular complexity index is 1140. The second-order valence-electron chi connectivity index (χ2n) is 8.96. The number of sulfonamides is 1. The van der Waals surface area contributed by atoms with E-state index in [0.717, 1.165) is 0 Å². The number of halogens is 1. The van der Waals surface area contributed by atoms with Crippen LogP contribution in [0.4, 0.5) is 4.39 Å². The van der Waals surface area contributed by atoms with E-state index in [0.29, 0.717) is 22.3 Å². The summed E-state index contributed by atoms with van der Waals surface area (Å²) in [6, 6.07) is 8.43. The molecular weight excluding hydrogens is 431 g/mol. The van der Waals surface area contributed by atoms with Gasteiger partial charge in [0.2, 0.25) is 5.91 Å². The van der Waals surface area contributed by atoms with Gasteiger partial charge in [-0.2, -0.15) is 5.26 Å². The van der Waals surface area contributed by atoms with Crippen LogP contribution in [-0.2, 0) is 26.8 Å². The number of carbonyl (C=O) groups is 1. The summed E-state index contributed by atoms with van der Waals surface area (Å²) in [6.07, 6.45) is -0.246. The average molecular weight is 461 g/mol. The number of hydrogen-bond donors (Lipinski definition) is 2. The number of rotatable bonds is 7.